The van der Waals surface area contributed by atoms with E-state index < -0.39 is 11.6 Å². The van der Waals surface area contributed by atoms with Gasteiger partial charge >= 0.3 is 0 Å². The third-order valence-electron chi connectivity index (χ3n) is 2.70. The lowest BCUT2D eigenvalue weighted by Gasteiger charge is -2.26. The van der Waals surface area contributed by atoms with Gasteiger partial charge in [-0.3, -0.25) is 4.79 Å². The summed E-state index contributed by atoms with van der Waals surface area (Å²) in [4.78, 5) is 11.4. The van der Waals surface area contributed by atoms with Gasteiger partial charge in [-0.25, -0.2) is 0 Å². The number of nitrogens with one attached hydrogen (secondary N) is 1. The molecule has 1 aliphatic carbocycles. The fraction of sp³-hybridized carbons (Fsp3) is 0.900. The van der Waals surface area contributed by atoms with E-state index in [9.17, 15) is 9.90 Å². The van der Waals surface area contributed by atoms with Crippen LogP contribution in [0.5, 0.6) is 0 Å². The van der Waals surface area contributed by atoms with E-state index in [-0.39, 0.29) is 17.9 Å². The van der Waals surface area contributed by atoms with Gasteiger partial charge in [0.15, 0.2) is 0 Å². The highest BCUT2D eigenvalue weighted by atomic mass is 16.3. The normalized spacial score (nSPS) is 21.5. The van der Waals surface area contributed by atoms with Gasteiger partial charge in [0.25, 0.3) is 0 Å². The maximum Gasteiger partial charge on any atom is 0.240 e. The molecule has 0 spiro atoms. The first-order chi connectivity index (χ1) is 6.26. The minimum absolute atomic E-state index is 0.138. The third-order valence-corrected chi connectivity index (χ3v) is 2.70. The molecule has 0 bridgehead atoms. The van der Waals surface area contributed by atoms with Crippen LogP contribution in [0.4, 0.5) is 0 Å². The summed E-state index contributed by atoms with van der Waals surface area (Å²) in [7, 11) is 0. The van der Waals surface area contributed by atoms with E-state index in [1.54, 1.807) is 0 Å². The molecule has 0 heterocycles. The molecule has 0 aromatic rings. The van der Waals surface area contributed by atoms with Crippen molar-refractivity contribution in [1.29, 1.82) is 0 Å². The summed E-state index contributed by atoms with van der Waals surface area (Å²) in [6, 6.07) is 0. The molecule has 4 N–H and O–H groups in total. The average Bonchev–Trinajstić information content (AvgIpc) is 2.78. The van der Waals surface area contributed by atoms with Crippen LogP contribution in [0.3, 0.4) is 0 Å². The van der Waals surface area contributed by atoms with Gasteiger partial charge in [-0.2, -0.15) is 0 Å². The van der Waals surface area contributed by atoms with Crippen LogP contribution in [-0.2, 0) is 4.79 Å². The number of hydrogen-bond acceptors (Lipinski definition) is 3. The summed E-state index contributed by atoms with van der Waals surface area (Å²) in [6.45, 7) is 6.07. The molecule has 1 aliphatic rings. The van der Waals surface area contributed by atoms with Crippen LogP contribution in [0, 0.1) is 5.41 Å². The highest BCUT2D eigenvalue weighted by Crippen LogP contribution is 2.32. The molecule has 0 saturated heterocycles. The lowest BCUT2D eigenvalue weighted by Crippen LogP contribution is -2.47. The Labute approximate surface area is 84.9 Å². The number of aliphatic hydroxyl groups excluding tert-OH is 1. The predicted octanol–water partition coefficient (Wildman–Crippen LogP) is 0.000900. The monoisotopic (exact) mass is 200 g/mol. The summed E-state index contributed by atoms with van der Waals surface area (Å²) in [5, 5.41) is 12.3. The second kappa shape index (κ2) is 3.51. The molecule has 14 heavy (non-hydrogen) atoms. The van der Waals surface area contributed by atoms with Crippen molar-refractivity contribution in [2.75, 3.05) is 6.54 Å². The number of aliphatic hydroxyl groups is 1. The lowest BCUT2D eigenvalue weighted by atomic mass is 9.89. The number of rotatable bonds is 3. The van der Waals surface area contributed by atoms with Gasteiger partial charge in [-0.1, -0.05) is 20.8 Å². The molecule has 1 amide bonds. The number of carbonyl (C=O) groups is 1. The van der Waals surface area contributed by atoms with E-state index in [4.69, 9.17) is 5.73 Å². The topological polar surface area (TPSA) is 75.3 Å². The number of carbonyl (C=O) groups excluding carboxylic acids is 1. The fourth-order valence-electron chi connectivity index (χ4n) is 1.03. The summed E-state index contributed by atoms with van der Waals surface area (Å²) < 4.78 is 0. The Bertz CT molecular complexity index is 229. The number of hydrogen-bond donors (Lipinski definition) is 3. The molecule has 1 saturated carbocycles. The Kier molecular flexibility index (Phi) is 2.88. The zero-order valence-corrected chi connectivity index (χ0v) is 9.13. The molecular formula is C10H20N2O2. The smallest absolute Gasteiger partial charge is 0.240 e. The Morgan fingerprint density at radius 2 is 2.07 bits per heavy atom. The Morgan fingerprint density at radius 1 is 1.57 bits per heavy atom. The van der Waals surface area contributed by atoms with Crippen LogP contribution in [0.15, 0.2) is 0 Å². The summed E-state index contributed by atoms with van der Waals surface area (Å²) in [5.41, 5.74) is 4.84. The van der Waals surface area contributed by atoms with E-state index in [0.29, 0.717) is 0 Å². The molecule has 4 nitrogen and oxygen atoms in total. The largest absolute Gasteiger partial charge is 0.391 e. The number of amides is 1. The van der Waals surface area contributed by atoms with E-state index in [2.05, 4.69) is 5.32 Å². The molecule has 82 valence electrons. The van der Waals surface area contributed by atoms with Crippen LogP contribution in [0.2, 0.25) is 0 Å². The maximum absolute atomic E-state index is 11.4. The minimum atomic E-state index is -0.641. The Hall–Kier alpha value is -0.610. The van der Waals surface area contributed by atoms with Crippen LogP contribution >= 0.6 is 0 Å². The Balaban J connectivity index is 2.30. The van der Waals surface area contributed by atoms with Crippen molar-refractivity contribution in [3.05, 3.63) is 0 Å². The molecule has 0 aliphatic heterocycles. The first kappa shape index (κ1) is 11.5. The summed E-state index contributed by atoms with van der Waals surface area (Å²) >= 11 is 0. The van der Waals surface area contributed by atoms with Crippen LogP contribution in [0.1, 0.15) is 33.6 Å². The Morgan fingerprint density at radius 3 is 2.43 bits per heavy atom. The van der Waals surface area contributed by atoms with Crippen molar-refractivity contribution in [2.45, 2.75) is 45.3 Å². The summed E-state index contributed by atoms with van der Waals surface area (Å²) in [5.74, 6) is -0.138. The molecule has 1 rings (SSSR count). The van der Waals surface area contributed by atoms with Crippen molar-refractivity contribution >= 4 is 5.91 Å². The van der Waals surface area contributed by atoms with Gasteiger partial charge < -0.3 is 16.2 Å². The van der Waals surface area contributed by atoms with Gasteiger partial charge in [-0.15, -0.1) is 0 Å². The lowest BCUT2D eigenvalue weighted by molar-refractivity contribution is -0.124. The van der Waals surface area contributed by atoms with E-state index in [1.807, 2.05) is 20.8 Å². The van der Waals surface area contributed by atoms with Crippen molar-refractivity contribution < 1.29 is 9.90 Å². The molecule has 0 aromatic heterocycles. The van der Waals surface area contributed by atoms with E-state index in [1.165, 1.54) is 0 Å². The first-order valence-electron chi connectivity index (χ1n) is 5.01. The third kappa shape index (κ3) is 2.69. The molecule has 1 fully saturated rings. The van der Waals surface area contributed by atoms with Crippen molar-refractivity contribution in [3.8, 4) is 0 Å². The molecule has 1 unspecified atom stereocenters. The maximum atomic E-state index is 11.4. The molecular weight excluding hydrogens is 180 g/mol. The van der Waals surface area contributed by atoms with Crippen LogP contribution in [-0.4, -0.2) is 29.2 Å². The molecule has 0 aromatic carbocycles. The van der Waals surface area contributed by atoms with Gasteiger partial charge in [0.2, 0.25) is 5.91 Å². The predicted molar refractivity (Wildman–Crippen MR) is 54.6 cm³/mol. The highest BCUT2D eigenvalue weighted by Gasteiger charge is 2.46. The SMILES string of the molecule is CC(C)(C)C(O)CNC(=O)C1(N)CC1. The standard InChI is InChI=1S/C10H20N2O2/c1-9(2,3)7(13)6-12-8(14)10(11)4-5-10/h7,13H,4-6,11H2,1-3H3,(H,12,14). The van der Waals surface area contributed by atoms with E-state index >= 15 is 0 Å². The minimum Gasteiger partial charge on any atom is -0.391 e. The van der Waals surface area contributed by atoms with Crippen LogP contribution < -0.4 is 11.1 Å². The van der Waals surface area contributed by atoms with Crippen molar-refractivity contribution in [3.63, 3.8) is 0 Å². The molecule has 4 heteroatoms. The van der Waals surface area contributed by atoms with Gasteiger partial charge in [-0.05, 0) is 18.3 Å². The average molecular weight is 200 g/mol. The second-order valence-corrected chi connectivity index (χ2v) is 5.25. The molecule has 0 radical (unpaired) electrons. The van der Waals surface area contributed by atoms with Crippen molar-refractivity contribution in [1.82, 2.24) is 5.32 Å². The highest BCUT2D eigenvalue weighted by molar-refractivity contribution is 5.88. The summed E-state index contributed by atoms with van der Waals surface area (Å²) in [6.07, 6.45) is 0.975. The fourth-order valence-corrected chi connectivity index (χ4v) is 1.03. The van der Waals surface area contributed by atoms with Gasteiger partial charge in [0, 0.05) is 6.54 Å². The van der Waals surface area contributed by atoms with Gasteiger partial charge in [0.05, 0.1) is 11.6 Å². The first-order valence-corrected chi connectivity index (χ1v) is 5.01. The van der Waals surface area contributed by atoms with Crippen molar-refractivity contribution in [2.24, 2.45) is 11.1 Å². The number of nitrogens with two attached hydrogens (primary N) is 1. The second-order valence-electron chi connectivity index (χ2n) is 5.25. The van der Waals surface area contributed by atoms with Gasteiger partial charge in [0.1, 0.15) is 0 Å². The molecule has 1 atom stereocenters. The zero-order chi connectivity index (χ0) is 11.0. The zero-order valence-electron chi connectivity index (χ0n) is 9.13. The van der Waals surface area contributed by atoms with E-state index in [0.717, 1.165) is 12.8 Å². The van der Waals surface area contributed by atoms with Crippen LogP contribution in [0.25, 0.3) is 0 Å². The quantitative estimate of drug-likeness (QED) is 0.600.